The number of para-hydroxylation sites is 1. The lowest BCUT2D eigenvalue weighted by Crippen LogP contribution is -2.20. The minimum absolute atomic E-state index is 0.0764. The number of rotatable bonds is 4. The van der Waals surface area contributed by atoms with Crippen molar-refractivity contribution >= 4 is 5.91 Å². The number of amides is 1. The van der Waals surface area contributed by atoms with Crippen LogP contribution in [0.25, 0.3) is 5.69 Å². The number of benzene rings is 1. The summed E-state index contributed by atoms with van der Waals surface area (Å²) in [5.41, 5.74) is 2.96. The zero-order valence-corrected chi connectivity index (χ0v) is 11.1. The number of hydrogen-bond donors (Lipinski definition) is 1. The van der Waals surface area contributed by atoms with Crippen LogP contribution in [0.2, 0.25) is 0 Å². The second kappa shape index (κ2) is 6.00. The van der Waals surface area contributed by atoms with Crippen LogP contribution in [0.5, 0.6) is 0 Å². The molecule has 0 radical (unpaired) electrons. The molecule has 0 unspecified atom stereocenters. The minimum atomic E-state index is -0.0764. The predicted molar refractivity (Wildman–Crippen MR) is 74.8 cm³/mol. The van der Waals surface area contributed by atoms with Gasteiger partial charge in [-0.25, -0.2) is 4.68 Å². The van der Waals surface area contributed by atoms with Crippen LogP contribution in [0.3, 0.4) is 0 Å². The number of nitrogens with one attached hydrogen (secondary N) is 1. The standard InChI is InChI=1S/C15H17N3O/c1-12(2)8-15(19)16-9-13-10-17-18(11-13)14-6-4-3-5-7-14/h3-8,10-11H,9H2,1-2H3,(H,16,19). The van der Waals surface area contributed by atoms with E-state index in [2.05, 4.69) is 10.4 Å². The predicted octanol–water partition coefficient (Wildman–Crippen LogP) is 2.45. The van der Waals surface area contributed by atoms with Gasteiger partial charge in [0.1, 0.15) is 0 Å². The van der Waals surface area contributed by atoms with Gasteiger partial charge in [-0.1, -0.05) is 23.8 Å². The molecular weight excluding hydrogens is 238 g/mol. The number of allylic oxidation sites excluding steroid dienone is 1. The lowest BCUT2D eigenvalue weighted by atomic mass is 10.3. The van der Waals surface area contributed by atoms with Crippen LogP contribution in [0.1, 0.15) is 19.4 Å². The van der Waals surface area contributed by atoms with Crippen molar-refractivity contribution in [3.8, 4) is 5.69 Å². The third kappa shape index (κ3) is 3.81. The van der Waals surface area contributed by atoms with Crippen LogP contribution in [-0.4, -0.2) is 15.7 Å². The van der Waals surface area contributed by atoms with E-state index in [0.717, 1.165) is 16.8 Å². The molecule has 0 aliphatic carbocycles. The zero-order valence-electron chi connectivity index (χ0n) is 11.1. The van der Waals surface area contributed by atoms with E-state index in [-0.39, 0.29) is 5.91 Å². The fraction of sp³-hybridized carbons (Fsp3) is 0.200. The average molecular weight is 255 g/mol. The molecule has 0 aliphatic rings. The van der Waals surface area contributed by atoms with Crippen molar-refractivity contribution in [3.63, 3.8) is 0 Å². The Morgan fingerprint density at radius 2 is 2.05 bits per heavy atom. The van der Waals surface area contributed by atoms with Gasteiger partial charge in [-0.15, -0.1) is 0 Å². The summed E-state index contributed by atoms with van der Waals surface area (Å²) in [6.07, 6.45) is 5.26. The molecule has 0 bridgehead atoms. The molecule has 4 heteroatoms. The van der Waals surface area contributed by atoms with Crippen LogP contribution in [0.15, 0.2) is 54.4 Å². The van der Waals surface area contributed by atoms with Gasteiger partial charge in [0, 0.05) is 24.4 Å². The normalized spacial score (nSPS) is 10.0. The van der Waals surface area contributed by atoms with Gasteiger partial charge in [-0.3, -0.25) is 4.79 Å². The van der Waals surface area contributed by atoms with E-state index < -0.39 is 0 Å². The molecule has 0 saturated heterocycles. The van der Waals surface area contributed by atoms with Crippen molar-refractivity contribution in [1.29, 1.82) is 0 Å². The number of carbonyl (C=O) groups excluding carboxylic acids is 1. The van der Waals surface area contributed by atoms with Crippen molar-refractivity contribution in [3.05, 3.63) is 59.9 Å². The Hall–Kier alpha value is -2.36. The fourth-order valence-electron chi connectivity index (χ4n) is 1.68. The highest BCUT2D eigenvalue weighted by Gasteiger charge is 2.02. The molecule has 0 spiro atoms. The number of hydrogen-bond acceptors (Lipinski definition) is 2. The molecule has 1 amide bonds. The highest BCUT2D eigenvalue weighted by Crippen LogP contribution is 2.07. The first-order chi connectivity index (χ1) is 9.15. The lowest BCUT2D eigenvalue weighted by Gasteiger charge is -2.00. The zero-order chi connectivity index (χ0) is 13.7. The van der Waals surface area contributed by atoms with Gasteiger partial charge in [0.2, 0.25) is 5.91 Å². The number of carbonyl (C=O) groups is 1. The molecule has 1 aromatic carbocycles. The van der Waals surface area contributed by atoms with Crippen molar-refractivity contribution in [1.82, 2.24) is 15.1 Å². The van der Waals surface area contributed by atoms with E-state index in [4.69, 9.17) is 0 Å². The maximum Gasteiger partial charge on any atom is 0.244 e. The van der Waals surface area contributed by atoms with Gasteiger partial charge in [0.05, 0.1) is 11.9 Å². The first kappa shape index (κ1) is 13.1. The summed E-state index contributed by atoms with van der Waals surface area (Å²) in [7, 11) is 0. The summed E-state index contributed by atoms with van der Waals surface area (Å²) in [4.78, 5) is 11.5. The Morgan fingerprint density at radius 3 is 2.74 bits per heavy atom. The Bertz CT molecular complexity index is 580. The molecule has 0 aliphatic heterocycles. The summed E-state index contributed by atoms with van der Waals surface area (Å²) in [5, 5.41) is 7.10. The molecule has 0 atom stereocenters. The van der Waals surface area contributed by atoms with Crippen LogP contribution in [0, 0.1) is 0 Å². The second-order valence-corrected chi connectivity index (χ2v) is 4.57. The molecule has 19 heavy (non-hydrogen) atoms. The largest absolute Gasteiger partial charge is 0.348 e. The summed E-state index contributed by atoms with van der Waals surface area (Å²) < 4.78 is 1.79. The van der Waals surface area contributed by atoms with Crippen molar-refractivity contribution in [2.75, 3.05) is 0 Å². The molecule has 4 nitrogen and oxygen atoms in total. The number of nitrogens with zero attached hydrogens (tertiary/aromatic N) is 2. The molecule has 2 rings (SSSR count). The fourth-order valence-corrected chi connectivity index (χ4v) is 1.68. The highest BCUT2D eigenvalue weighted by atomic mass is 16.1. The van der Waals surface area contributed by atoms with Gasteiger partial charge in [-0.05, 0) is 26.0 Å². The Labute approximate surface area is 112 Å². The monoisotopic (exact) mass is 255 g/mol. The summed E-state index contributed by atoms with van der Waals surface area (Å²) in [6, 6.07) is 9.87. The first-order valence-corrected chi connectivity index (χ1v) is 6.17. The molecule has 0 saturated carbocycles. The summed E-state index contributed by atoms with van der Waals surface area (Å²) in [5.74, 6) is -0.0764. The summed E-state index contributed by atoms with van der Waals surface area (Å²) >= 11 is 0. The smallest absolute Gasteiger partial charge is 0.244 e. The van der Waals surface area contributed by atoms with E-state index in [9.17, 15) is 4.79 Å². The Balaban J connectivity index is 1.99. The SMILES string of the molecule is CC(C)=CC(=O)NCc1cnn(-c2ccccc2)c1. The van der Waals surface area contributed by atoms with Crippen LogP contribution in [-0.2, 0) is 11.3 Å². The van der Waals surface area contributed by atoms with E-state index >= 15 is 0 Å². The van der Waals surface area contributed by atoms with Gasteiger partial charge < -0.3 is 5.32 Å². The van der Waals surface area contributed by atoms with Gasteiger partial charge in [0.25, 0.3) is 0 Å². The van der Waals surface area contributed by atoms with Crippen LogP contribution in [0.4, 0.5) is 0 Å². The Kier molecular flexibility index (Phi) is 4.13. The van der Waals surface area contributed by atoms with E-state index in [0.29, 0.717) is 6.54 Å². The van der Waals surface area contributed by atoms with Gasteiger partial charge >= 0.3 is 0 Å². The first-order valence-electron chi connectivity index (χ1n) is 6.17. The van der Waals surface area contributed by atoms with Gasteiger partial charge in [0.15, 0.2) is 0 Å². The minimum Gasteiger partial charge on any atom is -0.348 e. The quantitative estimate of drug-likeness (QED) is 0.853. The summed E-state index contributed by atoms with van der Waals surface area (Å²) in [6.45, 7) is 4.27. The molecular formula is C15H17N3O. The van der Waals surface area contributed by atoms with E-state index in [1.54, 1.807) is 17.0 Å². The van der Waals surface area contributed by atoms with Gasteiger partial charge in [-0.2, -0.15) is 5.10 Å². The van der Waals surface area contributed by atoms with E-state index in [1.165, 1.54) is 0 Å². The molecule has 2 aromatic rings. The van der Waals surface area contributed by atoms with Crippen LogP contribution >= 0.6 is 0 Å². The third-order valence-corrected chi connectivity index (χ3v) is 2.54. The topological polar surface area (TPSA) is 46.9 Å². The molecule has 98 valence electrons. The van der Waals surface area contributed by atoms with Crippen molar-refractivity contribution in [2.24, 2.45) is 0 Å². The molecule has 1 N–H and O–H groups in total. The second-order valence-electron chi connectivity index (χ2n) is 4.57. The number of aromatic nitrogens is 2. The highest BCUT2D eigenvalue weighted by molar-refractivity contribution is 5.87. The third-order valence-electron chi connectivity index (χ3n) is 2.54. The lowest BCUT2D eigenvalue weighted by molar-refractivity contribution is -0.116. The van der Waals surface area contributed by atoms with E-state index in [1.807, 2.05) is 50.4 Å². The molecule has 0 fully saturated rings. The van der Waals surface area contributed by atoms with Crippen LogP contribution < -0.4 is 5.32 Å². The molecule has 1 aromatic heterocycles. The van der Waals surface area contributed by atoms with Crippen molar-refractivity contribution in [2.45, 2.75) is 20.4 Å². The average Bonchev–Trinajstić information content (AvgIpc) is 2.85. The molecule has 1 heterocycles. The maximum atomic E-state index is 11.5. The Morgan fingerprint density at radius 1 is 1.32 bits per heavy atom. The maximum absolute atomic E-state index is 11.5. The van der Waals surface area contributed by atoms with Crippen molar-refractivity contribution < 1.29 is 4.79 Å².